The molecule has 0 bridgehead atoms. The lowest BCUT2D eigenvalue weighted by atomic mass is 9.80. The summed E-state index contributed by atoms with van der Waals surface area (Å²) in [5, 5.41) is 0. The third kappa shape index (κ3) is 4.52. The van der Waals surface area contributed by atoms with Crippen molar-refractivity contribution >= 4 is 5.97 Å². The van der Waals surface area contributed by atoms with Crippen LogP contribution in [0.3, 0.4) is 0 Å². The Balaban J connectivity index is 2.07. The van der Waals surface area contributed by atoms with Gasteiger partial charge in [-0.05, 0) is 37.5 Å². The van der Waals surface area contributed by atoms with Crippen LogP contribution in [0.4, 0.5) is 0 Å². The molecule has 0 amide bonds. The maximum atomic E-state index is 10.9. The molecule has 16 heavy (non-hydrogen) atoms. The van der Waals surface area contributed by atoms with Crippen LogP contribution in [-0.2, 0) is 14.3 Å². The van der Waals surface area contributed by atoms with E-state index in [2.05, 4.69) is 18.6 Å². The Morgan fingerprint density at radius 1 is 1.25 bits per heavy atom. The first-order chi connectivity index (χ1) is 7.63. The first-order valence-corrected chi connectivity index (χ1v) is 6.32. The van der Waals surface area contributed by atoms with Gasteiger partial charge in [-0.3, -0.25) is 4.79 Å². The molecule has 0 radical (unpaired) electrons. The molecule has 1 saturated carbocycles. The largest absolute Gasteiger partial charge is 0.469 e. The lowest BCUT2D eigenvalue weighted by molar-refractivity contribution is -0.141. The van der Waals surface area contributed by atoms with Crippen molar-refractivity contribution in [3.63, 3.8) is 0 Å². The van der Waals surface area contributed by atoms with Crippen LogP contribution in [0.1, 0.15) is 46.0 Å². The molecule has 0 heterocycles. The van der Waals surface area contributed by atoms with Crippen LogP contribution in [0.2, 0.25) is 0 Å². The molecule has 1 aliphatic carbocycles. The molecule has 0 aromatic heterocycles. The number of hydrogen-bond donors (Lipinski definition) is 0. The van der Waals surface area contributed by atoms with Gasteiger partial charge >= 0.3 is 5.97 Å². The smallest absolute Gasteiger partial charge is 0.305 e. The molecule has 3 atom stereocenters. The highest BCUT2D eigenvalue weighted by atomic mass is 16.5. The predicted molar refractivity (Wildman–Crippen MR) is 63.2 cm³/mol. The number of carbonyl (C=O) groups is 1. The lowest BCUT2D eigenvalue weighted by Crippen LogP contribution is -2.27. The Labute approximate surface area is 98.5 Å². The molecule has 0 N–H and O–H groups in total. The number of carbonyl (C=O) groups excluding carboxylic acids is 1. The monoisotopic (exact) mass is 228 g/mol. The molecule has 3 heteroatoms. The Morgan fingerprint density at radius 3 is 2.62 bits per heavy atom. The molecule has 0 aromatic rings. The van der Waals surface area contributed by atoms with Gasteiger partial charge in [-0.1, -0.05) is 13.8 Å². The average Bonchev–Trinajstić information content (AvgIpc) is 2.28. The summed E-state index contributed by atoms with van der Waals surface area (Å²) in [6.07, 6.45) is 5.25. The van der Waals surface area contributed by atoms with Crippen molar-refractivity contribution in [2.75, 3.05) is 13.7 Å². The first kappa shape index (κ1) is 13.5. The summed E-state index contributed by atoms with van der Waals surface area (Å²) in [6, 6.07) is 0. The van der Waals surface area contributed by atoms with E-state index in [-0.39, 0.29) is 5.97 Å². The molecule has 0 aliphatic heterocycles. The second kappa shape index (κ2) is 6.89. The number of rotatable bonds is 5. The minimum atomic E-state index is -0.144. The predicted octanol–water partition coefficient (Wildman–Crippen LogP) is 2.78. The van der Waals surface area contributed by atoms with Crippen LogP contribution in [0.5, 0.6) is 0 Å². The van der Waals surface area contributed by atoms with Crippen LogP contribution >= 0.6 is 0 Å². The van der Waals surface area contributed by atoms with Crippen LogP contribution in [0, 0.1) is 11.8 Å². The highest BCUT2D eigenvalue weighted by Gasteiger charge is 2.24. The Hall–Kier alpha value is -0.570. The molecule has 1 aliphatic rings. The van der Waals surface area contributed by atoms with Gasteiger partial charge in [0, 0.05) is 13.0 Å². The third-order valence-corrected chi connectivity index (χ3v) is 3.66. The van der Waals surface area contributed by atoms with Gasteiger partial charge in [0.15, 0.2) is 0 Å². The standard InChI is InChI=1S/C13H24O3/c1-10-6-7-12(9-11(10)2)16-8-4-5-13(14)15-3/h10-12H,4-9H2,1-3H3. The molecular formula is C13H24O3. The number of esters is 1. The summed E-state index contributed by atoms with van der Waals surface area (Å²) in [5.74, 6) is 1.45. The second-order valence-electron chi connectivity index (χ2n) is 4.94. The van der Waals surface area contributed by atoms with Crippen LogP contribution in [-0.4, -0.2) is 25.8 Å². The van der Waals surface area contributed by atoms with Crippen molar-refractivity contribution in [3.05, 3.63) is 0 Å². The summed E-state index contributed by atoms with van der Waals surface area (Å²) in [7, 11) is 1.42. The van der Waals surface area contributed by atoms with Gasteiger partial charge in [0.05, 0.1) is 13.2 Å². The summed E-state index contributed by atoms with van der Waals surface area (Å²) in [5.41, 5.74) is 0. The Kier molecular flexibility index (Phi) is 5.81. The Bertz CT molecular complexity index is 215. The highest BCUT2D eigenvalue weighted by Crippen LogP contribution is 2.30. The van der Waals surface area contributed by atoms with Crippen molar-refractivity contribution < 1.29 is 14.3 Å². The average molecular weight is 228 g/mol. The van der Waals surface area contributed by atoms with Gasteiger partial charge in [0.1, 0.15) is 0 Å². The van der Waals surface area contributed by atoms with E-state index in [1.54, 1.807) is 0 Å². The van der Waals surface area contributed by atoms with Gasteiger partial charge in [-0.15, -0.1) is 0 Å². The summed E-state index contributed by atoms with van der Waals surface area (Å²) in [4.78, 5) is 10.9. The molecule has 0 aromatic carbocycles. The van der Waals surface area contributed by atoms with Crippen LogP contribution in [0.25, 0.3) is 0 Å². The minimum absolute atomic E-state index is 0.144. The zero-order chi connectivity index (χ0) is 12.0. The molecule has 1 fully saturated rings. The fourth-order valence-corrected chi connectivity index (χ4v) is 2.22. The van der Waals surface area contributed by atoms with Gasteiger partial charge in [-0.2, -0.15) is 0 Å². The normalized spacial score (nSPS) is 30.1. The topological polar surface area (TPSA) is 35.5 Å². The highest BCUT2D eigenvalue weighted by molar-refractivity contribution is 5.68. The van der Waals surface area contributed by atoms with Crippen molar-refractivity contribution in [2.45, 2.75) is 52.1 Å². The van der Waals surface area contributed by atoms with E-state index >= 15 is 0 Å². The molecule has 1 rings (SSSR count). The van der Waals surface area contributed by atoms with Crippen molar-refractivity contribution in [2.24, 2.45) is 11.8 Å². The maximum Gasteiger partial charge on any atom is 0.305 e. The molecule has 3 nitrogen and oxygen atoms in total. The van der Waals surface area contributed by atoms with E-state index in [1.807, 2.05) is 0 Å². The van der Waals surface area contributed by atoms with E-state index in [4.69, 9.17) is 4.74 Å². The second-order valence-corrected chi connectivity index (χ2v) is 4.94. The molecule has 94 valence electrons. The summed E-state index contributed by atoms with van der Waals surface area (Å²) >= 11 is 0. The number of hydrogen-bond acceptors (Lipinski definition) is 3. The maximum absolute atomic E-state index is 10.9. The zero-order valence-corrected chi connectivity index (χ0v) is 10.7. The summed E-state index contributed by atoms with van der Waals surface area (Å²) < 4.78 is 10.4. The summed E-state index contributed by atoms with van der Waals surface area (Å²) in [6.45, 7) is 5.30. The van der Waals surface area contributed by atoms with Crippen molar-refractivity contribution in [1.82, 2.24) is 0 Å². The Morgan fingerprint density at radius 2 is 2.00 bits per heavy atom. The third-order valence-electron chi connectivity index (χ3n) is 3.66. The van der Waals surface area contributed by atoms with E-state index in [0.717, 1.165) is 18.3 Å². The fraction of sp³-hybridized carbons (Fsp3) is 0.923. The van der Waals surface area contributed by atoms with E-state index in [1.165, 1.54) is 26.4 Å². The quantitative estimate of drug-likeness (QED) is 0.536. The molecule has 0 saturated heterocycles. The van der Waals surface area contributed by atoms with Gasteiger partial charge < -0.3 is 9.47 Å². The van der Waals surface area contributed by atoms with Gasteiger partial charge in [0.25, 0.3) is 0 Å². The van der Waals surface area contributed by atoms with Crippen LogP contribution in [0.15, 0.2) is 0 Å². The number of methoxy groups -OCH3 is 1. The van der Waals surface area contributed by atoms with Gasteiger partial charge in [0.2, 0.25) is 0 Å². The van der Waals surface area contributed by atoms with Crippen LogP contribution < -0.4 is 0 Å². The molecular weight excluding hydrogens is 204 g/mol. The first-order valence-electron chi connectivity index (χ1n) is 6.32. The molecule has 3 unspecified atom stereocenters. The molecule has 0 spiro atoms. The van der Waals surface area contributed by atoms with E-state index in [9.17, 15) is 4.79 Å². The van der Waals surface area contributed by atoms with Gasteiger partial charge in [-0.25, -0.2) is 0 Å². The minimum Gasteiger partial charge on any atom is -0.469 e. The van der Waals surface area contributed by atoms with Crippen molar-refractivity contribution in [1.29, 1.82) is 0 Å². The zero-order valence-electron chi connectivity index (χ0n) is 10.7. The van der Waals surface area contributed by atoms with E-state index in [0.29, 0.717) is 19.1 Å². The lowest BCUT2D eigenvalue weighted by Gasteiger charge is -2.31. The SMILES string of the molecule is COC(=O)CCCOC1CCC(C)C(C)C1. The van der Waals surface area contributed by atoms with E-state index < -0.39 is 0 Å². The van der Waals surface area contributed by atoms with Crippen molar-refractivity contribution in [3.8, 4) is 0 Å². The fourth-order valence-electron chi connectivity index (χ4n) is 2.22. The number of ether oxygens (including phenoxy) is 2.